The Labute approximate surface area is 191 Å². The number of methoxy groups -OCH3 is 2. The number of hydrogen-bond donors (Lipinski definition) is 1. The number of aromatic nitrogens is 2. The van der Waals surface area contributed by atoms with Crippen LogP contribution in [0.1, 0.15) is 18.4 Å². The van der Waals surface area contributed by atoms with Gasteiger partial charge in [0.25, 0.3) is 0 Å². The number of benzene rings is 1. The van der Waals surface area contributed by atoms with Crippen LogP contribution in [0.4, 0.5) is 11.5 Å². The van der Waals surface area contributed by atoms with E-state index in [0.717, 1.165) is 19.6 Å². The van der Waals surface area contributed by atoms with Gasteiger partial charge in [-0.15, -0.1) is 0 Å². The van der Waals surface area contributed by atoms with E-state index in [4.69, 9.17) is 25.8 Å². The largest absolute Gasteiger partial charge is 0.493 e. The highest BCUT2D eigenvalue weighted by molar-refractivity contribution is 6.33. The van der Waals surface area contributed by atoms with Crippen molar-refractivity contribution in [1.82, 2.24) is 14.9 Å². The number of anilines is 2. The average Bonchev–Trinajstić information content (AvgIpc) is 3.33. The van der Waals surface area contributed by atoms with Crippen LogP contribution in [0.3, 0.4) is 0 Å². The zero-order valence-corrected chi connectivity index (χ0v) is 18.8. The van der Waals surface area contributed by atoms with Crippen LogP contribution in [-0.4, -0.2) is 55.3 Å². The molecule has 1 saturated heterocycles. The fraction of sp³-hybridized carbons (Fsp3) is 0.348. The van der Waals surface area contributed by atoms with E-state index in [1.165, 1.54) is 26.1 Å². The number of ether oxygens (including phenoxy) is 3. The summed E-state index contributed by atoms with van der Waals surface area (Å²) >= 11 is 6.32. The highest BCUT2D eigenvalue weighted by Gasteiger charge is 2.17. The third-order valence-corrected chi connectivity index (χ3v) is 5.72. The number of nitrogens with one attached hydrogen (secondary N) is 1. The first-order valence-electron chi connectivity index (χ1n) is 10.4. The van der Waals surface area contributed by atoms with Crippen LogP contribution < -0.4 is 19.5 Å². The predicted molar refractivity (Wildman–Crippen MR) is 123 cm³/mol. The number of hydrogen-bond acceptors (Lipinski definition) is 8. The van der Waals surface area contributed by atoms with E-state index in [9.17, 15) is 5.26 Å². The van der Waals surface area contributed by atoms with Crippen LogP contribution in [0.15, 0.2) is 30.5 Å². The van der Waals surface area contributed by atoms with E-state index in [1.807, 2.05) is 12.1 Å². The van der Waals surface area contributed by atoms with E-state index >= 15 is 0 Å². The zero-order chi connectivity index (χ0) is 22.5. The molecule has 1 N–H and O–H groups in total. The Kier molecular flexibility index (Phi) is 6.78. The molecule has 2 aromatic heterocycles. The first kappa shape index (κ1) is 21.9. The molecular formula is C23H24ClN5O3. The van der Waals surface area contributed by atoms with Gasteiger partial charge in [0.05, 0.1) is 36.0 Å². The van der Waals surface area contributed by atoms with Crippen molar-refractivity contribution >= 4 is 34.0 Å². The molecule has 0 radical (unpaired) electrons. The lowest BCUT2D eigenvalue weighted by Gasteiger charge is -2.18. The van der Waals surface area contributed by atoms with Crippen LogP contribution in [0.2, 0.25) is 5.02 Å². The van der Waals surface area contributed by atoms with Crippen LogP contribution in [0.25, 0.3) is 10.9 Å². The van der Waals surface area contributed by atoms with Crippen molar-refractivity contribution in [3.63, 3.8) is 0 Å². The fourth-order valence-electron chi connectivity index (χ4n) is 3.73. The van der Waals surface area contributed by atoms with Crippen LogP contribution in [0, 0.1) is 11.3 Å². The zero-order valence-electron chi connectivity index (χ0n) is 18.0. The molecule has 1 aromatic carbocycles. The lowest BCUT2D eigenvalue weighted by molar-refractivity contribution is 0.230. The molecule has 1 fully saturated rings. The van der Waals surface area contributed by atoms with Crippen molar-refractivity contribution in [3.8, 4) is 23.4 Å². The molecule has 32 heavy (non-hydrogen) atoms. The van der Waals surface area contributed by atoms with Crippen molar-refractivity contribution in [2.24, 2.45) is 0 Å². The van der Waals surface area contributed by atoms with Gasteiger partial charge < -0.3 is 19.5 Å². The highest BCUT2D eigenvalue weighted by Crippen LogP contribution is 2.38. The van der Waals surface area contributed by atoms with Crippen LogP contribution in [0.5, 0.6) is 17.4 Å². The molecule has 0 saturated carbocycles. The molecule has 1 aliphatic heterocycles. The minimum atomic E-state index is 0.350. The molecule has 0 amide bonds. The normalized spacial score (nSPS) is 13.7. The second-order valence-electron chi connectivity index (χ2n) is 7.39. The standard InChI is InChI=1S/C23H24ClN5O3/c1-30-19-11-16-18(12-20(19)32-10-9-29-7-3-4-8-29)26-14-15(13-25)22(16)28-23-17(24)5-6-21(27-23)31-2/h5-6,11-12,14H,3-4,7-10H2,1-2H3,(H,26,27,28). The second kappa shape index (κ2) is 9.90. The van der Waals surface area contributed by atoms with Gasteiger partial charge in [-0.1, -0.05) is 11.6 Å². The molecular weight excluding hydrogens is 430 g/mol. The molecule has 166 valence electrons. The first-order valence-corrected chi connectivity index (χ1v) is 10.7. The smallest absolute Gasteiger partial charge is 0.214 e. The van der Waals surface area contributed by atoms with Crippen molar-refractivity contribution < 1.29 is 14.2 Å². The van der Waals surface area contributed by atoms with Crippen LogP contribution in [-0.2, 0) is 0 Å². The second-order valence-corrected chi connectivity index (χ2v) is 7.79. The van der Waals surface area contributed by atoms with Gasteiger partial charge in [0, 0.05) is 30.3 Å². The molecule has 1 aliphatic rings. The maximum absolute atomic E-state index is 9.66. The Morgan fingerprint density at radius 1 is 1.16 bits per heavy atom. The number of rotatable bonds is 8. The van der Waals surface area contributed by atoms with Gasteiger partial charge in [-0.2, -0.15) is 10.2 Å². The third kappa shape index (κ3) is 4.64. The topological polar surface area (TPSA) is 92.5 Å². The number of likely N-dealkylation sites (tertiary alicyclic amines) is 1. The van der Waals surface area contributed by atoms with E-state index < -0.39 is 0 Å². The summed E-state index contributed by atoms with van der Waals surface area (Å²) in [6, 6.07) is 9.15. The van der Waals surface area contributed by atoms with Gasteiger partial charge in [-0.05, 0) is 38.1 Å². The third-order valence-electron chi connectivity index (χ3n) is 5.41. The summed E-state index contributed by atoms with van der Waals surface area (Å²) in [5.74, 6) is 1.95. The lowest BCUT2D eigenvalue weighted by atomic mass is 10.1. The summed E-state index contributed by atoms with van der Waals surface area (Å²) in [4.78, 5) is 11.2. The van der Waals surface area contributed by atoms with Gasteiger partial charge in [0.1, 0.15) is 12.7 Å². The first-order chi connectivity index (χ1) is 15.6. The summed E-state index contributed by atoms with van der Waals surface area (Å²) in [7, 11) is 3.11. The Morgan fingerprint density at radius 3 is 2.69 bits per heavy atom. The van der Waals surface area contributed by atoms with Gasteiger partial charge in [0.15, 0.2) is 17.3 Å². The molecule has 0 spiro atoms. The summed E-state index contributed by atoms with van der Waals surface area (Å²) in [5.41, 5.74) is 1.53. The van der Waals surface area contributed by atoms with Gasteiger partial charge in [-0.3, -0.25) is 9.88 Å². The minimum Gasteiger partial charge on any atom is -0.493 e. The van der Waals surface area contributed by atoms with Gasteiger partial charge in [0.2, 0.25) is 5.88 Å². The van der Waals surface area contributed by atoms with Crippen LogP contribution >= 0.6 is 11.6 Å². The number of halogens is 1. The van der Waals surface area contributed by atoms with Crippen molar-refractivity contribution in [3.05, 3.63) is 41.0 Å². The average molecular weight is 454 g/mol. The Bertz CT molecular complexity index is 1160. The number of nitriles is 1. The minimum absolute atomic E-state index is 0.350. The molecule has 0 aliphatic carbocycles. The lowest BCUT2D eigenvalue weighted by Crippen LogP contribution is -2.25. The van der Waals surface area contributed by atoms with E-state index in [0.29, 0.717) is 57.0 Å². The molecule has 9 heteroatoms. The molecule has 0 unspecified atom stereocenters. The number of nitrogens with zero attached hydrogens (tertiary/aromatic N) is 4. The van der Waals surface area contributed by atoms with Gasteiger partial charge >= 0.3 is 0 Å². The maximum atomic E-state index is 9.66. The molecule has 4 rings (SSSR count). The predicted octanol–water partition coefficient (Wildman–Crippen LogP) is 4.39. The number of pyridine rings is 2. The van der Waals surface area contributed by atoms with Crippen molar-refractivity contribution in [2.45, 2.75) is 12.8 Å². The summed E-state index contributed by atoms with van der Waals surface area (Å²) in [6.07, 6.45) is 4.00. The Morgan fingerprint density at radius 2 is 1.97 bits per heavy atom. The molecule has 0 bridgehead atoms. The molecule has 3 heterocycles. The Balaban J connectivity index is 1.68. The maximum Gasteiger partial charge on any atom is 0.214 e. The highest BCUT2D eigenvalue weighted by atomic mass is 35.5. The summed E-state index contributed by atoms with van der Waals surface area (Å²) in [6.45, 7) is 3.67. The van der Waals surface area contributed by atoms with Gasteiger partial charge in [-0.25, -0.2) is 0 Å². The summed E-state index contributed by atoms with van der Waals surface area (Å²) < 4.78 is 16.8. The Hall–Kier alpha value is -3.28. The SMILES string of the molecule is COc1ccc(Cl)c(Nc2c(C#N)cnc3cc(OCCN4CCCC4)c(OC)cc23)n1. The summed E-state index contributed by atoms with van der Waals surface area (Å²) in [5, 5.41) is 13.9. The van der Waals surface area contributed by atoms with E-state index in [1.54, 1.807) is 19.2 Å². The molecule has 8 nitrogen and oxygen atoms in total. The monoisotopic (exact) mass is 453 g/mol. The molecule has 0 atom stereocenters. The van der Waals surface area contributed by atoms with Crippen molar-refractivity contribution in [1.29, 1.82) is 5.26 Å². The van der Waals surface area contributed by atoms with E-state index in [2.05, 4.69) is 26.3 Å². The molecule has 3 aromatic rings. The fourth-order valence-corrected chi connectivity index (χ4v) is 3.88. The quantitative estimate of drug-likeness (QED) is 0.536. The number of fused-ring (bicyclic) bond motifs is 1. The van der Waals surface area contributed by atoms with Crippen molar-refractivity contribution in [2.75, 3.05) is 45.8 Å². The van der Waals surface area contributed by atoms with E-state index in [-0.39, 0.29) is 0 Å².